The van der Waals surface area contributed by atoms with E-state index >= 15 is 0 Å². The molecule has 1 aromatic carbocycles. The van der Waals surface area contributed by atoms with Crippen molar-refractivity contribution < 1.29 is 17.4 Å². The zero-order chi connectivity index (χ0) is 27.3. The van der Waals surface area contributed by atoms with Crippen LogP contribution in [0.25, 0.3) is 0 Å². The first-order valence-corrected chi connectivity index (χ1v) is 14.0. The summed E-state index contributed by atoms with van der Waals surface area (Å²) in [6, 6.07) is 8.59. The van der Waals surface area contributed by atoms with Gasteiger partial charge in [0.1, 0.15) is 18.0 Å². The molecule has 3 N–H and O–H groups in total. The molecule has 1 fully saturated rings. The minimum atomic E-state index is -4.18. The van der Waals surface area contributed by atoms with Gasteiger partial charge in [-0.1, -0.05) is 52.3 Å². The number of benzene rings is 1. The fraction of sp³-hybridized carbons (Fsp3) is 0.643. The molecule has 9 heteroatoms. The van der Waals surface area contributed by atoms with Crippen LogP contribution in [-0.4, -0.2) is 54.6 Å². The van der Waals surface area contributed by atoms with Crippen LogP contribution in [0.4, 0.5) is 13.2 Å². The second kappa shape index (κ2) is 12.5. The van der Waals surface area contributed by atoms with Gasteiger partial charge in [-0.05, 0) is 61.5 Å². The Morgan fingerprint density at radius 3 is 2.27 bits per heavy atom. The number of alkyl halides is 3. The molecule has 3 aliphatic rings. The molecule has 0 aromatic heterocycles. The van der Waals surface area contributed by atoms with Crippen LogP contribution in [0, 0.1) is 5.41 Å². The number of halogens is 3. The lowest BCUT2D eigenvalue weighted by atomic mass is 9.71. The molecule has 1 saturated heterocycles. The minimum absolute atomic E-state index is 0.169. The summed E-state index contributed by atoms with van der Waals surface area (Å²) in [6.45, 7) is 15.7. The summed E-state index contributed by atoms with van der Waals surface area (Å²) >= 11 is 1.54. The van der Waals surface area contributed by atoms with Crippen LogP contribution in [0.3, 0.4) is 0 Å². The van der Waals surface area contributed by atoms with Gasteiger partial charge in [-0.25, -0.2) is 4.31 Å². The Labute approximate surface area is 225 Å². The summed E-state index contributed by atoms with van der Waals surface area (Å²) in [7, 11) is 0. The number of nitrogens with two attached hydrogens (primary N) is 1. The van der Waals surface area contributed by atoms with Gasteiger partial charge < -0.3 is 20.1 Å². The number of allylic oxidation sites excluding steroid dienone is 2. The van der Waals surface area contributed by atoms with Crippen molar-refractivity contribution in [3.63, 3.8) is 0 Å². The van der Waals surface area contributed by atoms with Crippen LogP contribution < -0.4 is 15.2 Å². The van der Waals surface area contributed by atoms with Crippen LogP contribution in [-0.2, 0) is 5.41 Å². The first-order chi connectivity index (χ1) is 17.4. The van der Waals surface area contributed by atoms with Crippen LogP contribution in [0.1, 0.15) is 65.9 Å². The van der Waals surface area contributed by atoms with Gasteiger partial charge in [-0.3, -0.25) is 0 Å². The molecule has 2 heterocycles. The maximum atomic E-state index is 10.7. The molecule has 0 bridgehead atoms. The predicted molar refractivity (Wildman–Crippen MR) is 147 cm³/mol. The molecule has 1 atom stereocenters. The van der Waals surface area contributed by atoms with Crippen molar-refractivity contribution in [3.8, 4) is 5.75 Å². The van der Waals surface area contributed by atoms with Crippen LogP contribution in [0.15, 0.2) is 47.3 Å². The Hall–Kier alpha value is -1.68. The highest BCUT2D eigenvalue weighted by Gasteiger charge is 2.47. The minimum Gasteiger partial charge on any atom is -0.409 e. The molecule has 4 rings (SSSR count). The third kappa shape index (κ3) is 8.67. The molecule has 0 radical (unpaired) electrons. The van der Waals surface area contributed by atoms with Crippen molar-refractivity contribution in [3.05, 3.63) is 52.9 Å². The maximum Gasteiger partial charge on any atom is 0.400 e. The zero-order valence-electron chi connectivity index (χ0n) is 22.9. The zero-order valence-corrected chi connectivity index (χ0v) is 23.7. The summed E-state index contributed by atoms with van der Waals surface area (Å²) in [6.07, 6.45) is 2.98. The average Bonchev–Trinajstić information content (AvgIpc) is 3.58. The number of fused-ring (bicyclic) bond motifs is 1. The molecule has 208 valence electrons. The van der Waals surface area contributed by atoms with Gasteiger partial charge in [0.15, 0.2) is 0 Å². The van der Waals surface area contributed by atoms with E-state index in [1.807, 2.05) is 0 Å². The Morgan fingerprint density at radius 1 is 1.11 bits per heavy atom. The molecule has 0 amide bonds. The molecular formula is C28H43F3N4OS. The van der Waals surface area contributed by atoms with Gasteiger partial charge in [-0.2, -0.15) is 13.2 Å². The molecule has 0 spiro atoms. The Kier molecular flexibility index (Phi) is 10.1. The molecule has 1 aromatic rings. The van der Waals surface area contributed by atoms with Crippen molar-refractivity contribution in [2.24, 2.45) is 11.1 Å². The quantitative estimate of drug-likeness (QED) is 0.279. The molecule has 1 aliphatic carbocycles. The SMILES string of the molecule is CCCN(CCC)CC12CC3=C(C=C1CCN(SOc1ccc(C(C)(C)C)cc1)C2)N3.NCC(F)(F)F. The Balaban J connectivity index is 0.000000568. The Bertz CT molecular complexity index is 950. The molecular weight excluding hydrogens is 497 g/mol. The lowest BCUT2D eigenvalue weighted by molar-refractivity contribution is -0.118. The number of nitrogens with zero attached hydrogens (tertiary/aromatic N) is 2. The monoisotopic (exact) mass is 540 g/mol. The molecule has 37 heavy (non-hydrogen) atoms. The number of hydrogen-bond donors (Lipinski definition) is 2. The van der Waals surface area contributed by atoms with Gasteiger partial charge in [0.05, 0.1) is 12.2 Å². The Morgan fingerprint density at radius 2 is 1.73 bits per heavy atom. The number of piperidine rings is 1. The van der Waals surface area contributed by atoms with Crippen molar-refractivity contribution >= 4 is 12.2 Å². The largest absolute Gasteiger partial charge is 0.409 e. The van der Waals surface area contributed by atoms with Crippen molar-refractivity contribution in [1.82, 2.24) is 14.5 Å². The third-order valence-corrected chi connectivity index (χ3v) is 7.76. The van der Waals surface area contributed by atoms with E-state index in [0.717, 1.165) is 38.2 Å². The van der Waals surface area contributed by atoms with Crippen molar-refractivity contribution in [2.75, 3.05) is 39.3 Å². The highest BCUT2D eigenvalue weighted by atomic mass is 32.2. The van der Waals surface area contributed by atoms with Gasteiger partial charge in [0, 0.05) is 37.2 Å². The summed E-state index contributed by atoms with van der Waals surface area (Å²) < 4.78 is 40.6. The fourth-order valence-corrected chi connectivity index (χ4v) is 5.81. The van der Waals surface area contributed by atoms with E-state index in [-0.39, 0.29) is 10.8 Å². The molecule has 2 aliphatic heterocycles. The summed E-state index contributed by atoms with van der Waals surface area (Å²) in [5.41, 5.74) is 10.4. The lowest BCUT2D eigenvalue weighted by Crippen LogP contribution is -2.49. The molecule has 1 unspecified atom stereocenters. The van der Waals surface area contributed by atoms with E-state index < -0.39 is 12.7 Å². The fourth-order valence-electron chi connectivity index (χ4n) is 5.04. The molecule has 0 saturated carbocycles. The van der Waals surface area contributed by atoms with Crippen LogP contribution >= 0.6 is 12.2 Å². The van der Waals surface area contributed by atoms with E-state index in [4.69, 9.17) is 4.18 Å². The maximum absolute atomic E-state index is 10.7. The van der Waals surface area contributed by atoms with E-state index in [0.29, 0.717) is 0 Å². The van der Waals surface area contributed by atoms with Gasteiger partial charge in [-0.15, -0.1) is 0 Å². The van der Waals surface area contributed by atoms with Gasteiger partial charge in [0.2, 0.25) is 0 Å². The summed E-state index contributed by atoms with van der Waals surface area (Å²) in [5, 5.41) is 3.52. The van der Waals surface area contributed by atoms with Crippen LogP contribution in [0.2, 0.25) is 0 Å². The second-order valence-corrected chi connectivity index (χ2v) is 12.1. The smallest absolute Gasteiger partial charge is 0.400 e. The van der Waals surface area contributed by atoms with E-state index in [9.17, 15) is 13.2 Å². The van der Waals surface area contributed by atoms with Gasteiger partial charge >= 0.3 is 6.18 Å². The van der Waals surface area contributed by atoms with Crippen molar-refractivity contribution in [1.29, 1.82) is 0 Å². The summed E-state index contributed by atoms with van der Waals surface area (Å²) in [5.74, 6) is 0.935. The van der Waals surface area contributed by atoms with E-state index in [2.05, 4.69) is 85.2 Å². The number of nitrogens with one attached hydrogen (secondary N) is 1. The van der Waals surface area contributed by atoms with E-state index in [1.54, 1.807) is 5.57 Å². The average molecular weight is 541 g/mol. The first-order valence-electron chi connectivity index (χ1n) is 13.3. The third-order valence-electron chi connectivity index (χ3n) is 6.97. The van der Waals surface area contributed by atoms with Crippen LogP contribution in [0.5, 0.6) is 5.75 Å². The number of rotatable bonds is 9. The standard InChI is InChI=1S/C26H39N3OS.C2H4F3N/c1-6-13-28(14-7-2)18-26-17-24-23(27-24)16-21(26)12-15-29(19-26)31-30-22-10-8-20(9-11-22)25(3,4)5;3-2(4,5)1-6/h8-11,16,27H,6-7,12-15,17-19H2,1-5H3;1,6H2. The highest BCUT2D eigenvalue weighted by Crippen LogP contribution is 2.49. The normalized spacial score (nSPS) is 21.4. The summed E-state index contributed by atoms with van der Waals surface area (Å²) in [4.78, 5) is 2.68. The van der Waals surface area contributed by atoms with Crippen molar-refractivity contribution in [2.45, 2.75) is 71.9 Å². The predicted octanol–water partition coefficient (Wildman–Crippen LogP) is 6.39. The molecule has 5 nitrogen and oxygen atoms in total. The number of hydrogen-bond acceptors (Lipinski definition) is 6. The second-order valence-electron chi connectivity index (χ2n) is 11.3. The topological polar surface area (TPSA) is 63.7 Å². The first kappa shape index (κ1) is 29.9. The van der Waals surface area contributed by atoms with Gasteiger partial charge in [0.25, 0.3) is 0 Å². The highest BCUT2D eigenvalue weighted by molar-refractivity contribution is 7.92. The van der Waals surface area contributed by atoms with E-state index in [1.165, 1.54) is 55.1 Å². The lowest BCUT2D eigenvalue weighted by Gasteiger charge is -2.46.